The quantitative estimate of drug-likeness (QED) is 0.801. The molecule has 1 aromatic rings. The largest absolute Gasteiger partial charge is 0.493 e. The zero-order valence-electron chi connectivity index (χ0n) is 12.1. The van der Waals surface area contributed by atoms with Crippen LogP contribution >= 0.6 is 0 Å². The second kappa shape index (κ2) is 7.53. The zero-order chi connectivity index (χ0) is 15.1. The van der Waals surface area contributed by atoms with E-state index in [0.717, 1.165) is 16.9 Å². The minimum Gasteiger partial charge on any atom is -0.493 e. The molecule has 0 saturated heterocycles. The van der Waals surface area contributed by atoms with Crippen molar-refractivity contribution in [2.24, 2.45) is 0 Å². The SMILES string of the molecule is CCC(NC(=O)CCOc1cccc(C)c1C)C(=O)O. The second-order valence-electron chi connectivity index (χ2n) is 4.66. The molecule has 1 atom stereocenters. The van der Waals surface area contributed by atoms with Gasteiger partial charge in [-0.2, -0.15) is 0 Å². The van der Waals surface area contributed by atoms with E-state index in [9.17, 15) is 9.59 Å². The van der Waals surface area contributed by atoms with E-state index in [2.05, 4.69) is 5.32 Å². The predicted octanol–water partition coefficient (Wildman–Crippen LogP) is 2.05. The summed E-state index contributed by atoms with van der Waals surface area (Å²) >= 11 is 0. The summed E-state index contributed by atoms with van der Waals surface area (Å²) in [6.07, 6.45) is 0.496. The van der Waals surface area contributed by atoms with Crippen LogP contribution in [0.3, 0.4) is 0 Å². The molecule has 0 aliphatic rings. The Morgan fingerprint density at radius 2 is 2.05 bits per heavy atom. The lowest BCUT2D eigenvalue weighted by atomic mass is 10.1. The van der Waals surface area contributed by atoms with Gasteiger partial charge < -0.3 is 15.2 Å². The van der Waals surface area contributed by atoms with E-state index < -0.39 is 12.0 Å². The first-order chi connectivity index (χ1) is 9.45. The van der Waals surface area contributed by atoms with Crippen molar-refractivity contribution >= 4 is 11.9 Å². The number of ether oxygens (including phenoxy) is 1. The van der Waals surface area contributed by atoms with Crippen molar-refractivity contribution < 1.29 is 19.4 Å². The Morgan fingerprint density at radius 3 is 2.65 bits per heavy atom. The molecule has 0 fully saturated rings. The van der Waals surface area contributed by atoms with Crippen molar-refractivity contribution in [2.45, 2.75) is 39.7 Å². The molecule has 0 aliphatic heterocycles. The Morgan fingerprint density at radius 1 is 1.35 bits per heavy atom. The van der Waals surface area contributed by atoms with Crippen molar-refractivity contribution in [1.82, 2.24) is 5.32 Å². The summed E-state index contributed by atoms with van der Waals surface area (Å²) in [5.41, 5.74) is 2.17. The van der Waals surface area contributed by atoms with Crippen molar-refractivity contribution in [2.75, 3.05) is 6.61 Å². The number of aliphatic carboxylic acids is 1. The summed E-state index contributed by atoms with van der Waals surface area (Å²) in [5.74, 6) is -0.580. The molecule has 2 N–H and O–H groups in total. The normalized spacial score (nSPS) is 11.8. The van der Waals surface area contributed by atoms with Crippen LogP contribution in [0.2, 0.25) is 0 Å². The van der Waals surface area contributed by atoms with Gasteiger partial charge in [-0.05, 0) is 37.5 Å². The van der Waals surface area contributed by atoms with Crippen LogP contribution in [0.1, 0.15) is 30.9 Å². The molecule has 0 aromatic heterocycles. The van der Waals surface area contributed by atoms with E-state index in [1.165, 1.54) is 0 Å². The number of hydrogen-bond donors (Lipinski definition) is 2. The maximum absolute atomic E-state index is 11.6. The third-order valence-electron chi connectivity index (χ3n) is 3.18. The molecule has 5 nitrogen and oxygen atoms in total. The van der Waals surface area contributed by atoms with Gasteiger partial charge in [-0.3, -0.25) is 4.79 Å². The number of amides is 1. The predicted molar refractivity (Wildman–Crippen MR) is 75.9 cm³/mol. The molecule has 1 aromatic carbocycles. The monoisotopic (exact) mass is 279 g/mol. The summed E-state index contributed by atoms with van der Waals surface area (Å²) in [4.78, 5) is 22.4. The standard InChI is InChI=1S/C15H21NO4/c1-4-12(15(18)19)16-14(17)8-9-20-13-7-5-6-10(2)11(13)3/h5-7,12H,4,8-9H2,1-3H3,(H,16,17)(H,18,19). The van der Waals surface area contributed by atoms with E-state index in [1.807, 2.05) is 32.0 Å². The van der Waals surface area contributed by atoms with E-state index in [4.69, 9.17) is 9.84 Å². The van der Waals surface area contributed by atoms with Gasteiger partial charge in [0.1, 0.15) is 11.8 Å². The molecule has 5 heteroatoms. The maximum atomic E-state index is 11.6. The van der Waals surface area contributed by atoms with Gasteiger partial charge in [0, 0.05) is 0 Å². The van der Waals surface area contributed by atoms with Gasteiger partial charge in [0.25, 0.3) is 0 Å². The summed E-state index contributed by atoms with van der Waals surface area (Å²) in [6, 6.07) is 4.91. The van der Waals surface area contributed by atoms with Gasteiger partial charge in [-0.15, -0.1) is 0 Å². The van der Waals surface area contributed by atoms with E-state index >= 15 is 0 Å². The highest BCUT2D eigenvalue weighted by molar-refractivity contribution is 5.83. The fraction of sp³-hybridized carbons (Fsp3) is 0.467. The lowest BCUT2D eigenvalue weighted by molar-refractivity contribution is -0.142. The highest BCUT2D eigenvalue weighted by atomic mass is 16.5. The summed E-state index contributed by atoms with van der Waals surface area (Å²) in [5, 5.41) is 11.3. The second-order valence-corrected chi connectivity index (χ2v) is 4.66. The molecule has 1 amide bonds. The molecular weight excluding hydrogens is 258 g/mol. The van der Waals surface area contributed by atoms with Gasteiger partial charge >= 0.3 is 5.97 Å². The Hall–Kier alpha value is -2.04. The average molecular weight is 279 g/mol. The molecule has 0 aliphatic carbocycles. The van der Waals surface area contributed by atoms with Crippen LogP contribution in [-0.4, -0.2) is 29.6 Å². The summed E-state index contributed by atoms with van der Waals surface area (Å²) in [6.45, 7) is 5.90. The topological polar surface area (TPSA) is 75.6 Å². The minimum absolute atomic E-state index is 0.136. The first kappa shape index (κ1) is 16.0. The molecule has 20 heavy (non-hydrogen) atoms. The first-order valence-corrected chi connectivity index (χ1v) is 6.66. The van der Waals surface area contributed by atoms with Crippen LogP contribution < -0.4 is 10.1 Å². The molecule has 1 unspecified atom stereocenters. The maximum Gasteiger partial charge on any atom is 0.326 e. The molecule has 1 rings (SSSR count). The number of rotatable bonds is 7. The molecule has 110 valence electrons. The molecule has 0 radical (unpaired) electrons. The smallest absolute Gasteiger partial charge is 0.326 e. The van der Waals surface area contributed by atoms with Gasteiger partial charge in [0.15, 0.2) is 0 Å². The van der Waals surface area contributed by atoms with Crippen molar-refractivity contribution in [3.05, 3.63) is 29.3 Å². The van der Waals surface area contributed by atoms with Crippen LogP contribution in [0.25, 0.3) is 0 Å². The number of hydrogen-bond acceptors (Lipinski definition) is 3. The van der Waals surface area contributed by atoms with Crippen LogP contribution in [0.15, 0.2) is 18.2 Å². The number of carbonyl (C=O) groups is 2. The number of carboxylic acid groups (broad SMARTS) is 1. The Kier molecular flexibility index (Phi) is 6.03. The van der Waals surface area contributed by atoms with Gasteiger partial charge in [-0.1, -0.05) is 19.1 Å². The average Bonchev–Trinajstić information content (AvgIpc) is 2.40. The van der Waals surface area contributed by atoms with Crippen LogP contribution in [0.5, 0.6) is 5.75 Å². The van der Waals surface area contributed by atoms with Gasteiger partial charge in [0.05, 0.1) is 13.0 Å². The van der Waals surface area contributed by atoms with Crippen LogP contribution in [0, 0.1) is 13.8 Å². The molecular formula is C15H21NO4. The number of aryl methyl sites for hydroxylation is 1. The van der Waals surface area contributed by atoms with E-state index in [-0.39, 0.29) is 18.9 Å². The molecule has 0 bridgehead atoms. The van der Waals surface area contributed by atoms with Crippen LogP contribution in [-0.2, 0) is 9.59 Å². The number of carboxylic acids is 1. The Labute approximate surface area is 118 Å². The minimum atomic E-state index is -1.02. The number of nitrogens with one attached hydrogen (secondary N) is 1. The van der Waals surface area contributed by atoms with Gasteiger partial charge in [0.2, 0.25) is 5.91 Å². The van der Waals surface area contributed by atoms with E-state index in [1.54, 1.807) is 6.92 Å². The highest BCUT2D eigenvalue weighted by Crippen LogP contribution is 2.20. The van der Waals surface area contributed by atoms with E-state index in [0.29, 0.717) is 6.42 Å². The first-order valence-electron chi connectivity index (χ1n) is 6.66. The molecule has 0 spiro atoms. The molecule has 0 heterocycles. The third kappa shape index (κ3) is 4.57. The summed E-state index contributed by atoms with van der Waals surface area (Å²) in [7, 11) is 0. The fourth-order valence-electron chi connectivity index (χ4n) is 1.74. The van der Waals surface area contributed by atoms with Crippen LogP contribution in [0.4, 0.5) is 0 Å². The highest BCUT2D eigenvalue weighted by Gasteiger charge is 2.17. The zero-order valence-corrected chi connectivity index (χ0v) is 12.1. The fourth-order valence-corrected chi connectivity index (χ4v) is 1.74. The molecule has 0 saturated carbocycles. The van der Waals surface area contributed by atoms with Crippen molar-refractivity contribution in [3.63, 3.8) is 0 Å². The van der Waals surface area contributed by atoms with Crippen molar-refractivity contribution in [1.29, 1.82) is 0 Å². The van der Waals surface area contributed by atoms with Gasteiger partial charge in [-0.25, -0.2) is 4.79 Å². The Balaban J connectivity index is 2.42. The number of benzene rings is 1. The number of carbonyl (C=O) groups excluding carboxylic acids is 1. The lowest BCUT2D eigenvalue weighted by Gasteiger charge is -2.13. The van der Waals surface area contributed by atoms with Crippen molar-refractivity contribution in [3.8, 4) is 5.75 Å². The lowest BCUT2D eigenvalue weighted by Crippen LogP contribution is -2.40. The Bertz CT molecular complexity index is 485. The summed E-state index contributed by atoms with van der Waals surface area (Å²) < 4.78 is 5.56. The third-order valence-corrected chi connectivity index (χ3v) is 3.18.